The number of hydrogen-bond donors (Lipinski definition) is 2. The van der Waals surface area contributed by atoms with Gasteiger partial charge in [0.2, 0.25) is 5.69 Å². The first-order valence-corrected chi connectivity index (χ1v) is 7.71. The summed E-state index contributed by atoms with van der Waals surface area (Å²) in [6.07, 6.45) is 0. The number of nitrogens with one attached hydrogen (secondary N) is 2. The number of fused-ring (bicyclic) bond motifs is 7. The molecule has 0 saturated carbocycles. The summed E-state index contributed by atoms with van der Waals surface area (Å²) in [5, 5.41) is 3.97. The normalized spacial score (nSPS) is 11.5. The molecule has 0 aliphatic carbocycles. The SMILES string of the molecule is [C-]#[N+]c1c(OC)c2c3ccccc3[nH]c2c2[nH]c3ccccc3c12. The van der Waals surface area contributed by atoms with Crippen LogP contribution in [0.25, 0.3) is 48.5 Å². The van der Waals surface area contributed by atoms with Crippen molar-refractivity contribution in [1.29, 1.82) is 0 Å². The lowest BCUT2D eigenvalue weighted by Gasteiger charge is -2.07. The van der Waals surface area contributed by atoms with Gasteiger partial charge >= 0.3 is 0 Å². The molecule has 2 N–H and O–H groups in total. The van der Waals surface area contributed by atoms with Crippen LogP contribution in [0.3, 0.4) is 0 Å². The summed E-state index contributed by atoms with van der Waals surface area (Å²) in [7, 11) is 1.63. The zero-order valence-electron chi connectivity index (χ0n) is 13.0. The zero-order chi connectivity index (χ0) is 16.3. The molecule has 0 aliphatic heterocycles. The number of ether oxygens (including phenoxy) is 1. The van der Waals surface area contributed by atoms with E-state index in [0.29, 0.717) is 11.4 Å². The maximum Gasteiger partial charge on any atom is 0.238 e. The molecule has 0 radical (unpaired) electrons. The predicted molar refractivity (Wildman–Crippen MR) is 98.0 cm³/mol. The van der Waals surface area contributed by atoms with Crippen molar-refractivity contribution in [2.45, 2.75) is 0 Å². The van der Waals surface area contributed by atoms with Crippen LogP contribution in [-0.4, -0.2) is 17.1 Å². The molecule has 2 heterocycles. The number of aromatic amines is 2. The second-order valence-corrected chi connectivity index (χ2v) is 5.83. The molecule has 0 amide bonds. The van der Waals surface area contributed by atoms with Crippen molar-refractivity contribution in [2.75, 3.05) is 7.11 Å². The van der Waals surface area contributed by atoms with Crippen molar-refractivity contribution < 1.29 is 4.74 Å². The summed E-state index contributed by atoms with van der Waals surface area (Å²) in [6.45, 7) is 7.74. The smallest absolute Gasteiger partial charge is 0.238 e. The fraction of sp³-hybridized carbons (Fsp3) is 0.0500. The molecule has 0 spiro atoms. The Balaban J connectivity index is 2.19. The van der Waals surface area contributed by atoms with E-state index in [0.717, 1.165) is 43.6 Å². The Bertz CT molecular complexity index is 1300. The maximum atomic E-state index is 7.74. The number of H-pyrrole nitrogens is 2. The Labute approximate surface area is 137 Å². The highest BCUT2D eigenvalue weighted by Crippen LogP contribution is 2.48. The van der Waals surface area contributed by atoms with Crippen molar-refractivity contribution in [1.82, 2.24) is 9.97 Å². The molecule has 5 aromatic rings. The van der Waals surface area contributed by atoms with Crippen LogP contribution in [0.4, 0.5) is 5.69 Å². The van der Waals surface area contributed by atoms with E-state index in [-0.39, 0.29) is 0 Å². The summed E-state index contributed by atoms with van der Waals surface area (Å²) in [5.41, 5.74) is 4.54. The van der Waals surface area contributed by atoms with E-state index in [1.165, 1.54) is 0 Å². The molecule has 0 atom stereocenters. The van der Waals surface area contributed by atoms with E-state index in [1.807, 2.05) is 42.5 Å². The summed E-state index contributed by atoms with van der Waals surface area (Å²) < 4.78 is 5.69. The average Bonchev–Trinajstić information content (AvgIpc) is 3.19. The third-order valence-corrected chi connectivity index (χ3v) is 4.66. The molecule has 0 fully saturated rings. The maximum absolute atomic E-state index is 7.74. The van der Waals surface area contributed by atoms with Gasteiger partial charge in [0.25, 0.3) is 0 Å². The fourth-order valence-electron chi connectivity index (χ4n) is 3.68. The van der Waals surface area contributed by atoms with Gasteiger partial charge in [-0.25, -0.2) is 4.85 Å². The quantitative estimate of drug-likeness (QED) is 0.394. The second-order valence-electron chi connectivity index (χ2n) is 5.83. The van der Waals surface area contributed by atoms with Crippen molar-refractivity contribution >= 4 is 49.3 Å². The van der Waals surface area contributed by atoms with E-state index in [4.69, 9.17) is 11.3 Å². The third kappa shape index (κ3) is 1.46. The molecule has 4 nitrogen and oxygen atoms in total. The van der Waals surface area contributed by atoms with Crippen LogP contribution < -0.4 is 4.74 Å². The van der Waals surface area contributed by atoms with Crippen molar-refractivity contribution in [3.05, 3.63) is 59.9 Å². The summed E-state index contributed by atoms with van der Waals surface area (Å²) >= 11 is 0. The van der Waals surface area contributed by atoms with Crippen LogP contribution in [0.2, 0.25) is 0 Å². The second kappa shape index (κ2) is 4.53. The van der Waals surface area contributed by atoms with Crippen LogP contribution in [0, 0.1) is 6.57 Å². The predicted octanol–water partition coefficient (Wildman–Crippen LogP) is 5.51. The number of methoxy groups -OCH3 is 1. The Hall–Kier alpha value is -3.45. The van der Waals surface area contributed by atoms with E-state index < -0.39 is 0 Å². The van der Waals surface area contributed by atoms with Gasteiger partial charge < -0.3 is 14.7 Å². The number of benzene rings is 3. The summed E-state index contributed by atoms with van der Waals surface area (Å²) in [6, 6.07) is 16.2. The Morgan fingerprint density at radius 2 is 1.38 bits per heavy atom. The van der Waals surface area contributed by atoms with Gasteiger partial charge in [-0.15, -0.1) is 0 Å². The largest absolute Gasteiger partial charge is 0.507 e. The molecule has 0 aliphatic rings. The van der Waals surface area contributed by atoms with Crippen LogP contribution in [0.1, 0.15) is 0 Å². The highest BCUT2D eigenvalue weighted by Gasteiger charge is 2.22. The third-order valence-electron chi connectivity index (χ3n) is 4.66. The Morgan fingerprint density at radius 3 is 1.96 bits per heavy atom. The van der Waals surface area contributed by atoms with Gasteiger partial charge in [0, 0.05) is 27.2 Å². The molecular weight excluding hydrogens is 298 g/mol. The van der Waals surface area contributed by atoms with Crippen LogP contribution in [0.15, 0.2) is 48.5 Å². The first kappa shape index (κ1) is 13.0. The van der Waals surface area contributed by atoms with Gasteiger partial charge in [0.15, 0.2) is 0 Å². The first-order valence-electron chi connectivity index (χ1n) is 7.71. The molecule has 0 unspecified atom stereocenters. The van der Waals surface area contributed by atoms with Gasteiger partial charge in [0.05, 0.1) is 24.7 Å². The minimum Gasteiger partial charge on any atom is -0.507 e. The molecule has 4 heteroatoms. The summed E-state index contributed by atoms with van der Waals surface area (Å²) in [5.74, 6) is 0.634. The van der Waals surface area contributed by atoms with E-state index in [1.54, 1.807) is 7.11 Å². The molecule has 3 aromatic carbocycles. The molecule has 5 rings (SSSR count). The van der Waals surface area contributed by atoms with E-state index in [2.05, 4.69) is 20.9 Å². The minimum absolute atomic E-state index is 0.558. The average molecular weight is 311 g/mol. The number of hydrogen-bond acceptors (Lipinski definition) is 1. The highest BCUT2D eigenvalue weighted by molar-refractivity contribution is 6.28. The molecule has 0 saturated heterocycles. The van der Waals surface area contributed by atoms with Gasteiger partial charge in [-0.1, -0.05) is 36.4 Å². The van der Waals surface area contributed by atoms with Crippen molar-refractivity contribution in [3.63, 3.8) is 0 Å². The lowest BCUT2D eigenvalue weighted by molar-refractivity contribution is 0.423. The monoisotopic (exact) mass is 311 g/mol. The fourth-order valence-corrected chi connectivity index (χ4v) is 3.68. The topological polar surface area (TPSA) is 45.2 Å². The molecule has 0 bridgehead atoms. The first-order chi connectivity index (χ1) is 11.8. The standard InChI is InChI=1S/C20H13N3O/c1-21-19-15-11-7-3-5-9-13(11)22-17(15)18-16(20(19)24-2)12-8-4-6-10-14(12)23-18/h3-10,22-23H,2H3. The van der Waals surface area contributed by atoms with E-state index >= 15 is 0 Å². The molecule has 24 heavy (non-hydrogen) atoms. The zero-order valence-corrected chi connectivity index (χ0v) is 13.0. The van der Waals surface area contributed by atoms with E-state index in [9.17, 15) is 0 Å². The van der Waals surface area contributed by atoms with Crippen LogP contribution >= 0.6 is 0 Å². The summed E-state index contributed by atoms with van der Waals surface area (Å²) in [4.78, 5) is 10.8. The van der Waals surface area contributed by atoms with Crippen molar-refractivity contribution in [2.24, 2.45) is 0 Å². The lowest BCUT2D eigenvalue weighted by Crippen LogP contribution is -1.86. The van der Waals surface area contributed by atoms with Crippen LogP contribution in [0.5, 0.6) is 5.75 Å². The molecular formula is C20H13N3O. The lowest BCUT2D eigenvalue weighted by atomic mass is 10.0. The number of para-hydroxylation sites is 2. The van der Waals surface area contributed by atoms with Crippen molar-refractivity contribution in [3.8, 4) is 5.75 Å². The number of rotatable bonds is 1. The highest BCUT2D eigenvalue weighted by atomic mass is 16.5. The Kier molecular flexibility index (Phi) is 2.46. The molecule has 2 aromatic heterocycles. The van der Waals surface area contributed by atoms with Gasteiger partial charge in [-0.05, 0) is 17.5 Å². The number of aromatic nitrogens is 2. The van der Waals surface area contributed by atoms with Crippen LogP contribution in [-0.2, 0) is 0 Å². The van der Waals surface area contributed by atoms with Gasteiger partial charge in [-0.3, -0.25) is 0 Å². The Morgan fingerprint density at radius 1 is 0.833 bits per heavy atom. The number of nitrogens with zero attached hydrogens (tertiary/aromatic N) is 1. The minimum atomic E-state index is 0.558. The van der Waals surface area contributed by atoms with Gasteiger partial charge in [0.1, 0.15) is 5.75 Å². The molecule has 114 valence electrons. The van der Waals surface area contributed by atoms with Gasteiger partial charge in [-0.2, -0.15) is 0 Å².